The molecule has 0 saturated heterocycles. The Balaban J connectivity index is 0.00000242. The number of para-hydroxylation sites is 1. The Morgan fingerprint density at radius 3 is 2.59 bits per heavy atom. The molecule has 22 heavy (non-hydrogen) atoms. The summed E-state index contributed by atoms with van der Waals surface area (Å²) in [6.07, 6.45) is 1.22. The number of carbonyl (C=O) groups excluding carboxylic acids is 1. The molecule has 6 heteroatoms. The topological polar surface area (TPSA) is 116 Å². The summed E-state index contributed by atoms with van der Waals surface area (Å²) in [5, 5.41) is 20.5. The first-order chi connectivity index (χ1) is 9.83. The Labute approximate surface area is 128 Å². The van der Waals surface area contributed by atoms with Crippen molar-refractivity contribution in [3.63, 3.8) is 0 Å². The number of Topliss-reactive ketones (excluding diaryl/α,β-unsaturated/α-hetero) is 1. The number of carboxylic acids is 1. The van der Waals surface area contributed by atoms with Gasteiger partial charge in [-0.15, -0.1) is 0 Å². The van der Waals surface area contributed by atoms with Crippen LogP contribution >= 0.6 is 0 Å². The third-order valence-electron chi connectivity index (χ3n) is 3.64. The van der Waals surface area contributed by atoms with Gasteiger partial charge in [0.15, 0.2) is 5.60 Å². The van der Waals surface area contributed by atoms with Gasteiger partial charge in [-0.3, -0.25) is 4.79 Å². The summed E-state index contributed by atoms with van der Waals surface area (Å²) in [5.74, 6) is -1.74. The summed E-state index contributed by atoms with van der Waals surface area (Å²) >= 11 is 0. The Bertz CT molecular complexity index is 680. The van der Waals surface area contributed by atoms with Gasteiger partial charge in [0, 0.05) is 29.9 Å². The molecule has 1 aromatic heterocycles. The summed E-state index contributed by atoms with van der Waals surface area (Å²) in [6, 6.07) is 6.39. The molecule has 0 saturated carbocycles. The Hall–Kier alpha value is -2.18. The summed E-state index contributed by atoms with van der Waals surface area (Å²) in [4.78, 5) is 25.7. The minimum absolute atomic E-state index is 0. The van der Waals surface area contributed by atoms with Crippen LogP contribution in [0.4, 0.5) is 0 Å². The molecule has 1 heterocycles. The quantitative estimate of drug-likeness (QED) is 0.645. The van der Waals surface area contributed by atoms with Gasteiger partial charge in [-0.2, -0.15) is 0 Å². The van der Waals surface area contributed by atoms with E-state index in [1.807, 2.05) is 24.3 Å². The van der Waals surface area contributed by atoms with Crippen LogP contribution in [0.3, 0.4) is 0 Å². The number of H-pyrrole nitrogens is 1. The number of rotatable bonds is 6. The van der Waals surface area contributed by atoms with Gasteiger partial charge >= 0.3 is 5.97 Å². The van der Waals surface area contributed by atoms with Crippen molar-refractivity contribution in [2.45, 2.75) is 38.8 Å². The van der Waals surface area contributed by atoms with Gasteiger partial charge in [0.25, 0.3) is 0 Å². The highest BCUT2D eigenvalue weighted by molar-refractivity contribution is 5.86. The normalized spacial score (nSPS) is 14.9. The van der Waals surface area contributed by atoms with Crippen LogP contribution in [0.2, 0.25) is 0 Å². The predicted octanol–water partition coefficient (Wildman–Crippen LogP) is 1.47. The lowest BCUT2D eigenvalue weighted by molar-refractivity contribution is -0.159. The maximum atomic E-state index is 11.4. The van der Waals surface area contributed by atoms with Crippen LogP contribution in [-0.4, -0.2) is 38.6 Å². The van der Waals surface area contributed by atoms with E-state index in [1.165, 1.54) is 6.92 Å². The second kappa shape index (κ2) is 6.72. The third kappa shape index (κ3) is 3.52. The average molecular weight is 306 g/mol. The highest BCUT2D eigenvalue weighted by Gasteiger charge is 2.39. The number of hydrogen-bond donors (Lipinski definition) is 4. The number of carboxylic acid groups (broad SMARTS) is 1. The molecule has 0 fully saturated rings. The second-order valence-electron chi connectivity index (χ2n) is 5.29. The van der Waals surface area contributed by atoms with Gasteiger partial charge in [-0.1, -0.05) is 25.6 Å². The van der Waals surface area contributed by atoms with E-state index >= 15 is 0 Å². The second-order valence-corrected chi connectivity index (χ2v) is 5.29. The van der Waals surface area contributed by atoms with Crippen LogP contribution in [0.5, 0.6) is 0 Å². The van der Waals surface area contributed by atoms with Crippen molar-refractivity contribution in [3.8, 4) is 0 Å². The lowest BCUT2D eigenvalue weighted by atomic mass is 9.87. The minimum Gasteiger partial charge on any atom is -0.479 e. The largest absolute Gasteiger partial charge is 0.479 e. The van der Waals surface area contributed by atoms with Crippen LogP contribution in [0.15, 0.2) is 30.5 Å². The average Bonchev–Trinajstić information content (AvgIpc) is 2.81. The molecular weight excluding hydrogens is 284 g/mol. The van der Waals surface area contributed by atoms with Crippen LogP contribution in [0, 0.1) is 0 Å². The number of nitrogens with one attached hydrogen (secondary N) is 1. The molecule has 0 unspecified atom stereocenters. The molecule has 0 aliphatic heterocycles. The van der Waals surface area contributed by atoms with Crippen molar-refractivity contribution < 1.29 is 19.8 Å². The fourth-order valence-electron chi connectivity index (χ4n) is 2.34. The van der Waals surface area contributed by atoms with Gasteiger partial charge in [0.1, 0.15) is 5.78 Å². The summed E-state index contributed by atoms with van der Waals surface area (Å²) in [7, 11) is 0. The minimum atomic E-state index is -2.07. The maximum Gasteiger partial charge on any atom is 0.336 e. The highest BCUT2D eigenvalue weighted by atomic mass is 16.4. The van der Waals surface area contributed by atoms with Crippen LogP contribution in [0.1, 0.15) is 26.3 Å². The molecule has 0 radical (unpaired) electrons. The molecule has 2 rings (SSSR count). The first kappa shape index (κ1) is 17.9. The Kier molecular flexibility index (Phi) is 5.46. The van der Waals surface area contributed by atoms with Gasteiger partial charge in [0.2, 0.25) is 0 Å². The van der Waals surface area contributed by atoms with Crippen molar-refractivity contribution in [1.82, 2.24) is 4.98 Å². The van der Waals surface area contributed by atoms with E-state index in [0.717, 1.165) is 10.9 Å². The van der Waals surface area contributed by atoms with Crippen LogP contribution in [-0.2, 0) is 16.0 Å². The number of aliphatic hydroxyl groups is 1. The van der Waals surface area contributed by atoms with Gasteiger partial charge in [-0.25, -0.2) is 4.79 Å². The molecule has 0 aliphatic rings. The summed E-state index contributed by atoms with van der Waals surface area (Å²) < 4.78 is 0. The standard InChI is InChI=1S/C15H18N2O4.CH4/c1-9(18)12(16)7-15(21,14(19)20)6-10-8-17-13-5-3-2-4-11(10)13;/h2-5,8,12,17,21H,6-7,16H2,1H3,(H,19,20);1H4/t12-,15+;/m1./s1. The number of ketones is 1. The summed E-state index contributed by atoms with van der Waals surface area (Å²) in [6.45, 7) is 1.28. The first-order valence-corrected chi connectivity index (χ1v) is 6.60. The van der Waals surface area contributed by atoms with Crippen LogP contribution in [0.25, 0.3) is 10.9 Å². The zero-order valence-corrected chi connectivity index (χ0v) is 11.7. The first-order valence-electron chi connectivity index (χ1n) is 6.60. The van der Waals surface area contributed by atoms with Crippen molar-refractivity contribution in [2.75, 3.05) is 0 Å². The molecule has 5 N–H and O–H groups in total. The predicted molar refractivity (Wildman–Crippen MR) is 84.6 cm³/mol. The van der Waals surface area contributed by atoms with E-state index in [1.54, 1.807) is 6.20 Å². The zero-order valence-electron chi connectivity index (χ0n) is 11.7. The van der Waals surface area contributed by atoms with E-state index in [2.05, 4.69) is 4.98 Å². The van der Waals surface area contributed by atoms with Gasteiger partial charge in [-0.05, 0) is 18.6 Å². The number of hydrogen-bond acceptors (Lipinski definition) is 4. The van der Waals surface area contributed by atoms with E-state index in [0.29, 0.717) is 5.56 Å². The van der Waals surface area contributed by atoms with E-state index < -0.39 is 17.6 Å². The number of carbonyl (C=O) groups is 2. The number of fused-ring (bicyclic) bond motifs is 1. The molecular formula is C16H22N2O4. The number of aromatic amines is 1. The third-order valence-corrected chi connectivity index (χ3v) is 3.64. The molecule has 2 aromatic rings. The van der Waals surface area contributed by atoms with Crippen molar-refractivity contribution in [3.05, 3.63) is 36.0 Å². The van der Waals surface area contributed by atoms with E-state index in [9.17, 15) is 19.8 Å². The number of benzene rings is 1. The molecule has 0 bridgehead atoms. The zero-order chi connectivity index (χ0) is 15.6. The number of aromatic nitrogens is 1. The lowest BCUT2D eigenvalue weighted by Crippen LogP contribution is -2.47. The molecule has 6 nitrogen and oxygen atoms in total. The Morgan fingerprint density at radius 1 is 1.36 bits per heavy atom. The molecule has 1 aromatic carbocycles. The maximum absolute atomic E-state index is 11.4. The summed E-state index contributed by atoms with van der Waals surface area (Å²) in [5.41, 5.74) is 5.06. The molecule has 2 atom stereocenters. The fraction of sp³-hybridized carbons (Fsp3) is 0.375. The highest BCUT2D eigenvalue weighted by Crippen LogP contribution is 2.25. The van der Waals surface area contributed by atoms with E-state index in [-0.39, 0.29) is 26.1 Å². The fourth-order valence-corrected chi connectivity index (χ4v) is 2.34. The monoisotopic (exact) mass is 306 g/mol. The molecule has 0 aliphatic carbocycles. The van der Waals surface area contributed by atoms with Crippen molar-refractivity contribution in [1.29, 1.82) is 0 Å². The van der Waals surface area contributed by atoms with Crippen LogP contribution < -0.4 is 5.73 Å². The lowest BCUT2D eigenvalue weighted by Gasteiger charge is -2.25. The SMILES string of the molecule is C.CC(=O)[C@H](N)C[C@@](O)(Cc1c[nH]c2ccccc12)C(=O)O. The van der Waals surface area contributed by atoms with Gasteiger partial charge in [0.05, 0.1) is 6.04 Å². The molecule has 0 spiro atoms. The van der Waals surface area contributed by atoms with E-state index in [4.69, 9.17) is 5.73 Å². The van der Waals surface area contributed by atoms with Crippen molar-refractivity contribution >= 4 is 22.7 Å². The Morgan fingerprint density at radius 2 is 2.00 bits per heavy atom. The van der Waals surface area contributed by atoms with Crippen molar-refractivity contribution in [2.24, 2.45) is 5.73 Å². The number of aliphatic carboxylic acids is 1. The molecule has 120 valence electrons. The van der Waals surface area contributed by atoms with Gasteiger partial charge < -0.3 is 20.9 Å². The smallest absolute Gasteiger partial charge is 0.336 e. The number of nitrogens with two attached hydrogens (primary N) is 1. The molecule has 0 amide bonds.